The van der Waals surface area contributed by atoms with Gasteiger partial charge < -0.3 is 14.5 Å². The van der Waals surface area contributed by atoms with E-state index in [0.29, 0.717) is 24.3 Å². The van der Waals surface area contributed by atoms with Gasteiger partial charge >= 0.3 is 5.97 Å². The predicted octanol–water partition coefficient (Wildman–Crippen LogP) is 8.11. The van der Waals surface area contributed by atoms with Crippen molar-refractivity contribution in [2.45, 2.75) is 70.6 Å². The van der Waals surface area contributed by atoms with Gasteiger partial charge in [-0.05, 0) is 82.2 Å². The fraction of sp³-hybridized carbons (Fsp3) is 0.400. The summed E-state index contributed by atoms with van der Waals surface area (Å²) in [7, 11) is 1.36. The highest BCUT2D eigenvalue weighted by atomic mass is 19.1. The second-order valence-corrected chi connectivity index (χ2v) is 12.1. The average Bonchev–Trinajstić information content (AvgIpc) is 3.33. The number of hydrogen-bond acceptors (Lipinski definition) is 4. The van der Waals surface area contributed by atoms with E-state index >= 15 is 8.78 Å². The summed E-state index contributed by atoms with van der Waals surface area (Å²) in [5, 5.41) is 1.02. The van der Waals surface area contributed by atoms with Crippen LogP contribution in [-0.2, 0) is 17.6 Å². The average molecular weight is 593 g/mol. The number of hydrogen-bond donors (Lipinski definition) is 1. The van der Waals surface area contributed by atoms with E-state index in [0.717, 1.165) is 47.7 Å². The Morgan fingerprint density at radius 3 is 2.40 bits per heavy atom. The number of aryl methyl sites for hydroxylation is 1. The summed E-state index contributed by atoms with van der Waals surface area (Å²) in [5.41, 5.74) is 2.59. The molecule has 1 aromatic heterocycles. The fourth-order valence-electron chi connectivity index (χ4n) is 6.13. The molecule has 228 valence electrons. The molecule has 5 rings (SSSR count). The number of carbonyl (C=O) groups is 1. The molecule has 0 unspecified atom stereocenters. The number of ether oxygens (including phenoxy) is 2. The zero-order chi connectivity index (χ0) is 30.7. The van der Waals surface area contributed by atoms with Crippen LogP contribution < -0.4 is 4.74 Å². The Hall–Kier alpha value is -3.78. The number of alkyl halides is 1. The van der Waals surface area contributed by atoms with Crippen molar-refractivity contribution in [3.8, 4) is 5.75 Å². The molecule has 0 saturated heterocycles. The van der Waals surface area contributed by atoms with Gasteiger partial charge in [-0.1, -0.05) is 30.3 Å². The van der Waals surface area contributed by atoms with E-state index in [2.05, 4.69) is 4.98 Å². The number of esters is 1. The van der Waals surface area contributed by atoms with E-state index in [1.54, 1.807) is 12.1 Å². The molecule has 1 aliphatic heterocycles. The van der Waals surface area contributed by atoms with Gasteiger partial charge in [-0.2, -0.15) is 0 Å². The maximum Gasteiger partial charge on any atom is 0.337 e. The molecule has 3 aromatic carbocycles. The first-order valence-electron chi connectivity index (χ1n) is 14.9. The molecule has 0 amide bonds. The van der Waals surface area contributed by atoms with Crippen LogP contribution in [-0.4, -0.2) is 47.8 Å². The van der Waals surface area contributed by atoms with Gasteiger partial charge in [0.2, 0.25) is 0 Å². The Bertz CT molecular complexity index is 1550. The van der Waals surface area contributed by atoms with Gasteiger partial charge in [0.05, 0.1) is 25.3 Å². The highest BCUT2D eigenvalue weighted by Crippen LogP contribution is 2.43. The highest BCUT2D eigenvalue weighted by molar-refractivity contribution is 5.89. The van der Waals surface area contributed by atoms with Crippen molar-refractivity contribution < 1.29 is 27.4 Å². The Balaban J connectivity index is 1.27. The second-order valence-electron chi connectivity index (χ2n) is 12.1. The minimum Gasteiger partial charge on any atom is -0.493 e. The van der Waals surface area contributed by atoms with E-state index in [4.69, 9.17) is 9.47 Å². The largest absolute Gasteiger partial charge is 0.493 e. The molecule has 8 heteroatoms. The Morgan fingerprint density at radius 2 is 1.72 bits per heavy atom. The minimum absolute atomic E-state index is 0.0280. The van der Waals surface area contributed by atoms with Crippen LogP contribution >= 0.6 is 0 Å². The van der Waals surface area contributed by atoms with Crippen molar-refractivity contribution in [1.29, 1.82) is 0 Å². The summed E-state index contributed by atoms with van der Waals surface area (Å²) in [6, 6.07) is 16.7. The lowest BCUT2D eigenvalue weighted by atomic mass is 9.87. The molecule has 4 aromatic rings. The normalized spacial score (nSPS) is 17.2. The highest BCUT2D eigenvalue weighted by Gasteiger charge is 2.41. The second kappa shape index (κ2) is 12.8. The molecule has 2 atom stereocenters. The molecule has 0 fully saturated rings. The van der Waals surface area contributed by atoms with Crippen LogP contribution in [0.25, 0.3) is 10.9 Å². The van der Waals surface area contributed by atoms with Crippen LogP contribution in [0.15, 0.2) is 60.7 Å². The van der Waals surface area contributed by atoms with E-state index in [-0.39, 0.29) is 29.9 Å². The van der Waals surface area contributed by atoms with Gasteiger partial charge in [0.15, 0.2) is 0 Å². The third kappa shape index (κ3) is 6.90. The number of rotatable bonds is 11. The molecule has 2 heterocycles. The van der Waals surface area contributed by atoms with Crippen molar-refractivity contribution in [1.82, 2.24) is 9.88 Å². The van der Waals surface area contributed by atoms with Crippen molar-refractivity contribution >= 4 is 16.9 Å². The first-order chi connectivity index (χ1) is 20.6. The number of benzene rings is 3. The number of fused-ring (bicyclic) bond motifs is 3. The van der Waals surface area contributed by atoms with Gasteiger partial charge in [-0.25, -0.2) is 18.0 Å². The quantitative estimate of drug-likeness (QED) is 0.141. The van der Waals surface area contributed by atoms with E-state index in [9.17, 15) is 9.18 Å². The lowest BCUT2D eigenvalue weighted by Gasteiger charge is -2.43. The summed E-state index contributed by atoms with van der Waals surface area (Å²) in [6.45, 7) is 5.31. The number of halogens is 3. The molecular formula is C35H39F3N2O3. The SMILES string of the molecule is COC(=O)c1ccc(CCCCCOc2cc(F)c([C@@H]3c4[nH]c5ccccc5c4C[C@@H](C)N3CC(C)(C)F)c(F)c2)cc1. The predicted molar refractivity (Wildman–Crippen MR) is 162 cm³/mol. The number of unbranched alkanes of at least 4 members (excludes halogenated alkanes) is 2. The summed E-state index contributed by atoms with van der Waals surface area (Å²) >= 11 is 0. The lowest BCUT2D eigenvalue weighted by molar-refractivity contribution is 0.0600. The number of para-hydroxylation sites is 1. The molecule has 43 heavy (non-hydrogen) atoms. The van der Waals surface area contributed by atoms with Crippen molar-refractivity contribution in [2.24, 2.45) is 0 Å². The van der Waals surface area contributed by atoms with Crippen molar-refractivity contribution in [3.05, 3.63) is 100 Å². The van der Waals surface area contributed by atoms with Gasteiger partial charge in [-0.15, -0.1) is 0 Å². The Morgan fingerprint density at radius 1 is 1.02 bits per heavy atom. The summed E-state index contributed by atoms with van der Waals surface area (Å²) in [5.74, 6) is -1.65. The summed E-state index contributed by atoms with van der Waals surface area (Å²) in [4.78, 5) is 16.8. The molecular weight excluding hydrogens is 553 g/mol. The van der Waals surface area contributed by atoms with Gasteiger partial charge in [0, 0.05) is 46.9 Å². The van der Waals surface area contributed by atoms with Gasteiger partial charge in [0.1, 0.15) is 23.1 Å². The lowest BCUT2D eigenvalue weighted by Crippen LogP contribution is -2.48. The number of methoxy groups -OCH3 is 1. The zero-order valence-electron chi connectivity index (χ0n) is 25.2. The first kappa shape index (κ1) is 30.7. The summed E-state index contributed by atoms with van der Waals surface area (Å²) in [6.07, 6.45) is 4.01. The van der Waals surface area contributed by atoms with Crippen LogP contribution in [0.4, 0.5) is 13.2 Å². The van der Waals surface area contributed by atoms with Crippen LogP contribution in [0.5, 0.6) is 5.75 Å². The van der Waals surface area contributed by atoms with Gasteiger partial charge in [-0.3, -0.25) is 4.90 Å². The number of carbonyl (C=O) groups excluding carboxylic acids is 1. The third-order valence-corrected chi connectivity index (χ3v) is 8.16. The Kier molecular flexibility index (Phi) is 9.16. The molecule has 0 radical (unpaired) electrons. The summed E-state index contributed by atoms with van der Waals surface area (Å²) < 4.78 is 57.1. The smallest absolute Gasteiger partial charge is 0.337 e. The first-order valence-corrected chi connectivity index (χ1v) is 14.9. The van der Waals surface area contributed by atoms with Crippen LogP contribution in [0.1, 0.15) is 78.8 Å². The van der Waals surface area contributed by atoms with Crippen molar-refractivity contribution in [2.75, 3.05) is 20.3 Å². The molecule has 0 aliphatic carbocycles. The number of nitrogens with zero attached hydrogens (tertiary/aromatic N) is 1. The maximum absolute atomic E-state index is 15.8. The Labute approximate surface area is 251 Å². The van der Waals surface area contributed by atoms with Crippen molar-refractivity contribution in [3.63, 3.8) is 0 Å². The number of nitrogens with one attached hydrogen (secondary N) is 1. The monoisotopic (exact) mass is 592 g/mol. The minimum atomic E-state index is -1.56. The third-order valence-electron chi connectivity index (χ3n) is 8.16. The number of H-pyrrole nitrogens is 1. The van der Waals surface area contributed by atoms with Gasteiger partial charge in [0.25, 0.3) is 0 Å². The zero-order valence-corrected chi connectivity index (χ0v) is 25.2. The standard InChI is InChI=1S/C35H39F3N2O3/c1-22-18-27-26-11-7-8-12-30(26)39-32(27)33(40(22)21-35(2,3)38)31-28(36)19-25(20-29(31)37)43-17-9-5-6-10-23-13-15-24(16-14-23)34(41)42-4/h7-8,11-16,19-20,22,33,39H,5-6,9-10,17-18,21H2,1-4H3/t22-,33-/m1/s1. The molecule has 0 spiro atoms. The molecule has 1 N–H and O–H groups in total. The van der Waals surface area contributed by atoms with E-state index < -0.39 is 23.3 Å². The molecule has 1 aliphatic rings. The molecule has 0 saturated carbocycles. The topological polar surface area (TPSA) is 54.6 Å². The number of aromatic amines is 1. The van der Waals surface area contributed by atoms with Crippen LogP contribution in [0.3, 0.4) is 0 Å². The molecule has 5 nitrogen and oxygen atoms in total. The maximum atomic E-state index is 15.8. The van der Waals surface area contributed by atoms with Crippen LogP contribution in [0.2, 0.25) is 0 Å². The fourth-order valence-corrected chi connectivity index (χ4v) is 6.13. The molecule has 0 bridgehead atoms. The van der Waals surface area contributed by atoms with E-state index in [1.807, 2.05) is 48.2 Å². The van der Waals surface area contributed by atoms with E-state index in [1.165, 1.54) is 33.1 Å². The van der Waals surface area contributed by atoms with Crippen LogP contribution in [0, 0.1) is 11.6 Å². The number of aromatic nitrogens is 1.